The number of fused-ring (bicyclic) bond motifs is 1. The monoisotopic (exact) mass is 321 g/mol. The van der Waals surface area contributed by atoms with E-state index in [0.717, 1.165) is 23.7 Å². The second-order valence-corrected chi connectivity index (χ2v) is 5.59. The Morgan fingerprint density at radius 2 is 2.06 bits per heavy atom. The van der Waals surface area contributed by atoms with Crippen LogP contribution in [-0.4, -0.2) is 18.8 Å². The maximum absolute atomic E-state index is 12.0. The highest BCUT2D eigenvalue weighted by molar-refractivity contribution is 9.10. The molecule has 1 unspecified atom stereocenters. The molecule has 1 N–H and O–H groups in total. The van der Waals surface area contributed by atoms with Gasteiger partial charge in [0.2, 0.25) is 0 Å². The first kappa shape index (κ1) is 13.9. The quantitative estimate of drug-likeness (QED) is 0.891. The summed E-state index contributed by atoms with van der Waals surface area (Å²) >= 11 is 3.43. The summed E-state index contributed by atoms with van der Waals surface area (Å²) in [5, 5.41) is 3.00. The highest BCUT2D eigenvalue weighted by Crippen LogP contribution is 2.25. The zero-order valence-electron chi connectivity index (χ0n) is 9.86. The van der Waals surface area contributed by atoms with Crippen molar-refractivity contribution in [1.29, 1.82) is 0 Å². The van der Waals surface area contributed by atoms with E-state index in [1.165, 1.54) is 11.1 Å². The molecule has 1 aliphatic carbocycles. The number of rotatable bonds is 3. The molecule has 1 nitrogen and oxygen atoms in total. The van der Waals surface area contributed by atoms with Crippen LogP contribution in [0.5, 0.6) is 0 Å². The van der Waals surface area contributed by atoms with Gasteiger partial charge in [-0.1, -0.05) is 22.0 Å². The summed E-state index contributed by atoms with van der Waals surface area (Å²) in [7, 11) is 0. The van der Waals surface area contributed by atoms with Gasteiger partial charge in [-0.3, -0.25) is 0 Å². The molecule has 100 valence electrons. The number of nitrogens with one attached hydrogen (secondary N) is 1. The van der Waals surface area contributed by atoms with Crippen molar-refractivity contribution in [3.8, 4) is 0 Å². The minimum absolute atomic E-state index is 0.0139. The first-order valence-corrected chi connectivity index (χ1v) is 6.81. The highest BCUT2D eigenvalue weighted by atomic mass is 79.9. The Hall–Kier alpha value is -0.550. The maximum Gasteiger partial charge on any atom is 0.390 e. The molecule has 0 radical (unpaired) electrons. The van der Waals surface area contributed by atoms with E-state index in [1.54, 1.807) is 0 Å². The molecule has 5 heteroatoms. The molecular formula is C13H15BrF3N. The van der Waals surface area contributed by atoms with E-state index >= 15 is 0 Å². The van der Waals surface area contributed by atoms with E-state index < -0.39 is 12.6 Å². The molecule has 18 heavy (non-hydrogen) atoms. The van der Waals surface area contributed by atoms with Gasteiger partial charge in [0.25, 0.3) is 0 Å². The summed E-state index contributed by atoms with van der Waals surface area (Å²) in [6.07, 6.45) is -2.17. The van der Waals surface area contributed by atoms with Gasteiger partial charge in [-0.25, -0.2) is 0 Å². The van der Waals surface area contributed by atoms with Gasteiger partial charge in [-0.15, -0.1) is 0 Å². The Balaban J connectivity index is 1.86. The lowest BCUT2D eigenvalue weighted by Crippen LogP contribution is -2.36. The Labute approximate surface area is 113 Å². The van der Waals surface area contributed by atoms with Gasteiger partial charge in [-0.2, -0.15) is 13.2 Å². The summed E-state index contributed by atoms with van der Waals surface area (Å²) < 4.78 is 37.2. The molecule has 0 spiro atoms. The van der Waals surface area contributed by atoms with Crippen LogP contribution in [0.1, 0.15) is 24.0 Å². The molecule has 1 aliphatic rings. The zero-order valence-corrected chi connectivity index (χ0v) is 11.4. The molecule has 0 heterocycles. The van der Waals surface area contributed by atoms with Crippen LogP contribution >= 0.6 is 15.9 Å². The van der Waals surface area contributed by atoms with Crippen molar-refractivity contribution in [2.75, 3.05) is 6.54 Å². The number of benzene rings is 1. The SMILES string of the molecule is FC(F)(F)CCNC1CCc2cc(Br)ccc2C1. The van der Waals surface area contributed by atoms with Gasteiger partial charge in [0.15, 0.2) is 0 Å². The third-order valence-corrected chi connectivity index (χ3v) is 3.73. The maximum atomic E-state index is 12.0. The fourth-order valence-corrected chi connectivity index (χ4v) is 2.72. The van der Waals surface area contributed by atoms with E-state index in [4.69, 9.17) is 0 Å². The standard InChI is InChI=1S/C13H15BrF3N/c14-11-3-1-10-8-12(4-2-9(10)7-11)18-6-5-13(15,16)17/h1,3,7,12,18H,2,4-6,8H2. The average Bonchev–Trinajstić information content (AvgIpc) is 2.27. The molecule has 0 saturated carbocycles. The Kier molecular flexibility index (Phi) is 4.33. The number of halogens is 4. The van der Waals surface area contributed by atoms with Crippen molar-refractivity contribution in [1.82, 2.24) is 5.32 Å². The summed E-state index contributed by atoms with van der Waals surface area (Å²) in [5.41, 5.74) is 2.55. The lowest BCUT2D eigenvalue weighted by atomic mass is 9.88. The summed E-state index contributed by atoms with van der Waals surface area (Å²) in [4.78, 5) is 0. The molecule has 0 aliphatic heterocycles. The van der Waals surface area contributed by atoms with Crippen LogP contribution in [0.3, 0.4) is 0 Å². The molecule has 0 aromatic heterocycles. The van der Waals surface area contributed by atoms with E-state index in [2.05, 4.69) is 33.4 Å². The van der Waals surface area contributed by atoms with E-state index in [1.807, 2.05) is 6.07 Å². The van der Waals surface area contributed by atoms with Crippen LogP contribution in [-0.2, 0) is 12.8 Å². The van der Waals surface area contributed by atoms with E-state index in [0.29, 0.717) is 0 Å². The second kappa shape index (κ2) is 5.61. The van der Waals surface area contributed by atoms with Gasteiger partial charge in [0.05, 0.1) is 6.42 Å². The minimum atomic E-state index is -4.07. The molecule has 1 aromatic carbocycles. The average molecular weight is 322 g/mol. The third kappa shape index (κ3) is 3.99. The minimum Gasteiger partial charge on any atom is -0.313 e. The van der Waals surface area contributed by atoms with Crippen LogP contribution in [0, 0.1) is 0 Å². The lowest BCUT2D eigenvalue weighted by molar-refractivity contribution is -0.133. The lowest BCUT2D eigenvalue weighted by Gasteiger charge is -2.26. The van der Waals surface area contributed by atoms with Gasteiger partial charge in [0, 0.05) is 17.1 Å². The van der Waals surface area contributed by atoms with Gasteiger partial charge in [-0.05, 0) is 42.5 Å². The Morgan fingerprint density at radius 3 is 2.78 bits per heavy atom. The van der Waals surface area contributed by atoms with Crippen LogP contribution in [0.2, 0.25) is 0 Å². The van der Waals surface area contributed by atoms with Crippen LogP contribution in [0.25, 0.3) is 0 Å². The van der Waals surface area contributed by atoms with Gasteiger partial charge >= 0.3 is 6.18 Å². The molecular weight excluding hydrogens is 307 g/mol. The van der Waals surface area contributed by atoms with Gasteiger partial charge < -0.3 is 5.32 Å². The van der Waals surface area contributed by atoms with E-state index in [-0.39, 0.29) is 12.6 Å². The van der Waals surface area contributed by atoms with Crippen molar-refractivity contribution >= 4 is 15.9 Å². The first-order valence-electron chi connectivity index (χ1n) is 6.01. The molecule has 1 aromatic rings. The smallest absolute Gasteiger partial charge is 0.313 e. The van der Waals surface area contributed by atoms with Crippen molar-refractivity contribution in [3.63, 3.8) is 0 Å². The predicted octanol–water partition coefficient (Wildman–Crippen LogP) is 3.85. The summed E-state index contributed by atoms with van der Waals surface area (Å²) in [6, 6.07) is 6.30. The van der Waals surface area contributed by atoms with Crippen molar-refractivity contribution < 1.29 is 13.2 Å². The number of hydrogen-bond acceptors (Lipinski definition) is 1. The van der Waals surface area contributed by atoms with Crippen LogP contribution in [0.15, 0.2) is 22.7 Å². The predicted molar refractivity (Wildman–Crippen MR) is 68.6 cm³/mol. The first-order chi connectivity index (χ1) is 8.44. The van der Waals surface area contributed by atoms with Crippen LogP contribution < -0.4 is 5.32 Å². The summed E-state index contributed by atoms with van der Waals surface area (Å²) in [5.74, 6) is 0. The summed E-state index contributed by atoms with van der Waals surface area (Å²) in [6.45, 7) is 0.0139. The Morgan fingerprint density at radius 1 is 1.28 bits per heavy atom. The third-order valence-electron chi connectivity index (χ3n) is 3.24. The van der Waals surface area contributed by atoms with Crippen molar-refractivity contribution in [2.24, 2.45) is 0 Å². The molecule has 0 saturated heterocycles. The molecule has 0 amide bonds. The molecule has 1 atom stereocenters. The van der Waals surface area contributed by atoms with Gasteiger partial charge in [0.1, 0.15) is 0 Å². The number of alkyl halides is 3. The zero-order chi connectivity index (χ0) is 13.2. The van der Waals surface area contributed by atoms with E-state index in [9.17, 15) is 13.2 Å². The molecule has 2 rings (SSSR count). The van der Waals surface area contributed by atoms with Crippen molar-refractivity contribution in [3.05, 3.63) is 33.8 Å². The number of hydrogen-bond donors (Lipinski definition) is 1. The molecule has 0 fully saturated rings. The van der Waals surface area contributed by atoms with Crippen molar-refractivity contribution in [2.45, 2.75) is 37.9 Å². The normalized spacial score (nSPS) is 19.7. The molecule has 0 bridgehead atoms. The second-order valence-electron chi connectivity index (χ2n) is 4.67. The largest absolute Gasteiger partial charge is 0.390 e. The topological polar surface area (TPSA) is 12.0 Å². The Bertz CT molecular complexity index is 417. The fourth-order valence-electron chi connectivity index (χ4n) is 2.32. The van der Waals surface area contributed by atoms with Crippen LogP contribution in [0.4, 0.5) is 13.2 Å². The highest BCUT2D eigenvalue weighted by Gasteiger charge is 2.27. The number of aryl methyl sites for hydroxylation is 1. The fraction of sp³-hybridized carbons (Fsp3) is 0.538.